The highest BCUT2D eigenvalue weighted by Crippen LogP contribution is 2.34. The molecule has 1 amide bonds. The van der Waals surface area contributed by atoms with Crippen LogP contribution in [-0.4, -0.2) is 29.2 Å². The highest BCUT2D eigenvalue weighted by Gasteiger charge is 2.16. The number of nitrogens with zero attached hydrogens (tertiary/aromatic N) is 3. The predicted molar refractivity (Wildman–Crippen MR) is 106 cm³/mol. The molecule has 4 rings (SSSR count). The second-order valence-corrected chi connectivity index (χ2v) is 6.37. The lowest BCUT2D eigenvalue weighted by Crippen LogP contribution is -2.19. The summed E-state index contributed by atoms with van der Waals surface area (Å²) in [5, 5.41) is 2.80. The van der Waals surface area contributed by atoms with Gasteiger partial charge in [-0.3, -0.25) is 4.79 Å². The fourth-order valence-electron chi connectivity index (χ4n) is 3.02. The van der Waals surface area contributed by atoms with Crippen molar-refractivity contribution < 1.29 is 14.3 Å². The van der Waals surface area contributed by atoms with Crippen molar-refractivity contribution in [3.05, 3.63) is 66.1 Å². The number of fused-ring (bicyclic) bond motifs is 1. The summed E-state index contributed by atoms with van der Waals surface area (Å²) in [6, 6.07) is 13.4. The van der Waals surface area contributed by atoms with Crippen LogP contribution in [0.1, 0.15) is 23.0 Å². The average molecular weight is 376 g/mol. The van der Waals surface area contributed by atoms with Crippen LogP contribution >= 0.6 is 0 Å². The molecule has 0 saturated heterocycles. The third-order valence-electron chi connectivity index (χ3n) is 4.41. The smallest absolute Gasteiger partial charge is 0.275 e. The van der Waals surface area contributed by atoms with Crippen molar-refractivity contribution in [1.29, 1.82) is 0 Å². The molecule has 0 aliphatic carbocycles. The monoisotopic (exact) mass is 376 g/mol. The van der Waals surface area contributed by atoms with Gasteiger partial charge in [-0.25, -0.2) is 9.97 Å². The third-order valence-corrected chi connectivity index (χ3v) is 4.41. The van der Waals surface area contributed by atoms with E-state index in [2.05, 4.69) is 21.4 Å². The molecule has 1 aliphatic rings. The molecule has 7 heteroatoms. The molecular weight excluding hydrogens is 356 g/mol. The minimum Gasteiger partial charge on any atom is -0.454 e. The van der Waals surface area contributed by atoms with Crippen LogP contribution in [0.5, 0.6) is 11.5 Å². The molecule has 0 fully saturated rings. The van der Waals surface area contributed by atoms with Gasteiger partial charge in [0.1, 0.15) is 5.69 Å². The molecular formula is C21H20N4O3. The van der Waals surface area contributed by atoms with E-state index in [0.717, 1.165) is 12.2 Å². The van der Waals surface area contributed by atoms with Gasteiger partial charge in [0, 0.05) is 24.0 Å². The van der Waals surface area contributed by atoms with Crippen LogP contribution < -0.4 is 19.7 Å². The van der Waals surface area contributed by atoms with Crippen LogP contribution in [0.3, 0.4) is 0 Å². The number of anilines is 3. The first-order valence-corrected chi connectivity index (χ1v) is 9.01. The third kappa shape index (κ3) is 3.59. The zero-order valence-electron chi connectivity index (χ0n) is 15.7. The Morgan fingerprint density at radius 2 is 1.96 bits per heavy atom. The molecule has 1 aliphatic heterocycles. The lowest BCUT2D eigenvalue weighted by molar-refractivity contribution is 0.102. The Morgan fingerprint density at radius 3 is 2.71 bits per heavy atom. The Bertz CT molecular complexity index is 1000. The van der Waals surface area contributed by atoms with Crippen molar-refractivity contribution in [2.24, 2.45) is 0 Å². The Hall–Kier alpha value is -3.61. The van der Waals surface area contributed by atoms with Crippen molar-refractivity contribution in [2.45, 2.75) is 13.8 Å². The maximum Gasteiger partial charge on any atom is 0.275 e. The zero-order valence-corrected chi connectivity index (χ0v) is 15.7. The second kappa shape index (κ2) is 7.56. The molecule has 2 aromatic carbocycles. The number of ether oxygens (including phenoxy) is 2. The fourth-order valence-corrected chi connectivity index (χ4v) is 3.02. The SMILES string of the molecule is CCN(c1cccc(C)c1)c1cnc(C(=O)Nc2ccc3c(c2)OCO3)cn1. The molecule has 3 aromatic rings. The van der Waals surface area contributed by atoms with E-state index >= 15 is 0 Å². The molecule has 0 unspecified atom stereocenters. The molecule has 0 atom stereocenters. The van der Waals surface area contributed by atoms with Crippen molar-refractivity contribution in [3.8, 4) is 11.5 Å². The topological polar surface area (TPSA) is 76.6 Å². The second-order valence-electron chi connectivity index (χ2n) is 6.37. The first-order valence-electron chi connectivity index (χ1n) is 9.01. The first-order chi connectivity index (χ1) is 13.6. The summed E-state index contributed by atoms with van der Waals surface area (Å²) in [4.78, 5) is 23.2. The Kier molecular flexibility index (Phi) is 4.80. The van der Waals surface area contributed by atoms with E-state index in [1.54, 1.807) is 24.4 Å². The molecule has 28 heavy (non-hydrogen) atoms. The predicted octanol–water partition coefficient (Wildman–Crippen LogP) is 3.92. The van der Waals surface area contributed by atoms with Gasteiger partial charge in [-0.1, -0.05) is 12.1 Å². The molecule has 0 radical (unpaired) electrons. The van der Waals surface area contributed by atoms with E-state index in [9.17, 15) is 4.79 Å². The van der Waals surface area contributed by atoms with Gasteiger partial charge in [0.05, 0.1) is 12.4 Å². The highest BCUT2D eigenvalue weighted by atomic mass is 16.7. The van der Waals surface area contributed by atoms with Crippen LogP contribution in [-0.2, 0) is 0 Å². The molecule has 1 N–H and O–H groups in total. The molecule has 7 nitrogen and oxygen atoms in total. The van der Waals surface area contributed by atoms with E-state index in [-0.39, 0.29) is 18.4 Å². The van der Waals surface area contributed by atoms with Gasteiger partial charge in [-0.15, -0.1) is 0 Å². The lowest BCUT2D eigenvalue weighted by Gasteiger charge is -2.22. The number of aromatic nitrogens is 2. The van der Waals surface area contributed by atoms with Crippen LogP contribution in [0.25, 0.3) is 0 Å². The summed E-state index contributed by atoms with van der Waals surface area (Å²) in [6.07, 6.45) is 3.09. The largest absolute Gasteiger partial charge is 0.454 e. The van der Waals surface area contributed by atoms with Crippen LogP contribution in [0.15, 0.2) is 54.9 Å². The Morgan fingerprint density at radius 1 is 1.11 bits per heavy atom. The minimum absolute atomic E-state index is 0.189. The van der Waals surface area contributed by atoms with Crippen molar-refractivity contribution in [1.82, 2.24) is 9.97 Å². The minimum atomic E-state index is -0.337. The summed E-state index contributed by atoms with van der Waals surface area (Å²) in [5.41, 5.74) is 3.05. The molecule has 1 aromatic heterocycles. The molecule has 0 spiro atoms. The van der Waals surface area contributed by atoms with Crippen LogP contribution in [0.2, 0.25) is 0 Å². The van der Waals surface area contributed by atoms with E-state index in [1.807, 2.05) is 36.9 Å². The Labute approximate surface area is 163 Å². The van der Waals surface area contributed by atoms with E-state index in [1.165, 1.54) is 11.8 Å². The van der Waals surface area contributed by atoms with E-state index in [0.29, 0.717) is 23.0 Å². The molecule has 0 saturated carbocycles. The highest BCUT2D eigenvalue weighted by molar-refractivity contribution is 6.02. The molecule has 142 valence electrons. The number of amides is 1. The maximum absolute atomic E-state index is 12.5. The van der Waals surface area contributed by atoms with Gasteiger partial charge in [0.15, 0.2) is 17.3 Å². The van der Waals surface area contributed by atoms with Gasteiger partial charge in [0.25, 0.3) is 5.91 Å². The number of benzene rings is 2. The van der Waals surface area contributed by atoms with Gasteiger partial charge in [0.2, 0.25) is 6.79 Å². The number of carbonyl (C=O) groups is 1. The van der Waals surface area contributed by atoms with Crippen molar-refractivity contribution in [2.75, 3.05) is 23.6 Å². The number of rotatable bonds is 5. The summed E-state index contributed by atoms with van der Waals surface area (Å²) in [7, 11) is 0. The van der Waals surface area contributed by atoms with Crippen LogP contribution in [0, 0.1) is 6.92 Å². The van der Waals surface area contributed by atoms with E-state index in [4.69, 9.17) is 9.47 Å². The number of hydrogen-bond acceptors (Lipinski definition) is 6. The normalized spacial score (nSPS) is 11.9. The van der Waals surface area contributed by atoms with Gasteiger partial charge in [-0.2, -0.15) is 0 Å². The fraction of sp³-hybridized carbons (Fsp3) is 0.190. The average Bonchev–Trinajstić information content (AvgIpc) is 3.17. The number of carbonyl (C=O) groups excluding carboxylic acids is 1. The summed E-state index contributed by atoms with van der Waals surface area (Å²) in [5.74, 6) is 1.62. The maximum atomic E-state index is 12.5. The zero-order chi connectivity index (χ0) is 19.5. The summed E-state index contributed by atoms with van der Waals surface area (Å²) in [6.45, 7) is 5.02. The quantitative estimate of drug-likeness (QED) is 0.727. The van der Waals surface area contributed by atoms with Crippen LogP contribution in [0.4, 0.5) is 17.2 Å². The summed E-state index contributed by atoms with van der Waals surface area (Å²) < 4.78 is 10.6. The number of nitrogens with one attached hydrogen (secondary N) is 1. The van der Waals surface area contributed by atoms with Gasteiger partial charge >= 0.3 is 0 Å². The summed E-state index contributed by atoms with van der Waals surface area (Å²) >= 11 is 0. The lowest BCUT2D eigenvalue weighted by atomic mass is 10.2. The van der Waals surface area contributed by atoms with E-state index < -0.39 is 0 Å². The first kappa shape index (κ1) is 17.8. The molecule has 2 heterocycles. The molecule has 0 bridgehead atoms. The standard InChI is InChI=1S/C21H20N4O3/c1-3-25(16-6-4-5-14(2)9-16)20-12-22-17(11-23-20)21(26)24-15-7-8-18-19(10-15)28-13-27-18/h4-12H,3,13H2,1-2H3,(H,24,26). The van der Waals surface area contributed by atoms with Crippen molar-refractivity contribution >= 4 is 23.1 Å². The van der Waals surface area contributed by atoms with Gasteiger partial charge < -0.3 is 19.7 Å². The number of aryl methyl sites for hydroxylation is 1. The Balaban J connectivity index is 1.50. The van der Waals surface area contributed by atoms with Gasteiger partial charge in [-0.05, 0) is 43.7 Å². The number of hydrogen-bond donors (Lipinski definition) is 1. The van der Waals surface area contributed by atoms with Crippen molar-refractivity contribution in [3.63, 3.8) is 0 Å².